The molecular formula is C42H49F2N5O6. The molecule has 4 fully saturated rings. The van der Waals surface area contributed by atoms with Crippen LogP contribution in [0.25, 0.3) is 32.9 Å². The highest BCUT2D eigenvalue weighted by Crippen LogP contribution is 2.50. The van der Waals surface area contributed by atoms with Crippen molar-refractivity contribution in [2.45, 2.75) is 70.4 Å². The molecule has 0 bridgehead atoms. The van der Waals surface area contributed by atoms with Crippen molar-refractivity contribution in [1.29, 1.82) is 0 Å². The maximum atomic E-state index is 17.3. The highest BCUT2D eigenvalue weighted by atomic mass is 19.1. The number of hydrogen-bond donors (Lipinski definition) is 2. The van der Waals surface area contributed by atoms with Crippen LogP contribution in [0.4, 0.5) is 14.6 Å². The smallest absolute Gasteiger partial charge is 0.319 e. The van der Waals surface area contributed by atoms with E-state index < -0.39 is 17.2 Å². The number of benzene rings is 2. The highest BCUT2D eigenvalue weighted by molar-refractivity contribution is 6.04. The van der Waals surface area contributed by atoms with Gasteiger partial charge in [-0.2, -0.15) is 9.97 Å². The molecule has 4 aliphatic rings. The van der Waals surface area contributed by atoms with Crippen LogP contribution < -0.4 is 14.4 Å². The number of phenolic OH excluding ortho intramolecular Hbond substituents is 1. The summed E-state index contributed by atoms with van der Waals surface area (Å²) < 4.78 is 56.3. The van der Waals surface area contributed by atoms with Gasteiger partial charge in [0.05, 0.1) is 39.0 Å². The van der Waals surface area contributed by atoms with Crippen LogP contribution in [-0.2, 0) is 9.47 Å². The summed E-state index contributed by atoms with van der Waals surface area (Å²) in [6.45, 7) is 8.92. The number of anilines is 1. The molecule has 2 aromatic heterocycles. The second kappa shape index (κ2) is 14.6. The standard InChI is InChI=1S/C42H49F2N5O6/c1-5-28-30(43)10-9-26-20-27(50)21-29(32(26)28)35-34(44)36-33(38(45-35)52-4)37(49-16-19-54-24-41(3,51)23-49)47-39(46-36)55-25-42-11-6-8-31(42)48(15-7-12-42)22-40(2)13-17-53-18-14-40/h1,9-10,20-21,31,50-51H,6-8,11-19,22-25H2,2-4H3/t31-,41+,42-/m1/s1. The quantitative estimate of drug-likeness (QED) is 0.199. The molecule has 292 valence electrons. The third-order valence-electron chi connectivity index (χ3n) is 12.3. The molecule has 0 radical (unpaired) electrons. The van der Waals surface area contributed by atoms with E-state index >= 15 is 8.78 Å². The number of likely N-dealkylation sites (tertiary alicyclic amines) is 1. The van der Waals surface area contributed by atoms with Crippen LogP contribution in [0.15, 0.2) is 24.3 Å². The van der Waals surface area contributed by atoms with Crippen molar-refractivity contribution in [3.8, 4) is 41.2 Å². The minimum Gasteiger partial charge on any atom is -0.508 e. The number of nitrogens with zero attached hydrogens (tertiary/aromatic N) is 5. The van der Waals surface area contributed by atoms with Gasteiger partial charge in [0.25, 0.3) is 0 Å². The number of aromatic hydroxyl groups is 1. The number of terminal acetylenes is 1. The maximum absolute atomic E-state index is 17.3. The lowest BCUT2D eigenvalue weighted by atomic mass is 9.73. The Bertz CT molecular complexity index is 2150. The first-order valence-corrected chi connectivity index (χ1v) is 19.3. The van der Waals surface area contributed by atoms with Gasteiger partial charge in [-0.3, -0.25) is 4.90 Å². The van der Waals surface area contributed by atoms with Crippen molar-refractivity contribution in [3.63, 3.8) is 0 Å². The van der Waals surface area contributed by atoms with E-state index in [4.69, 9.17) is 35.3 Å². The molecule has 4 aromatic rings. The molecule has 2 N–H and O–H groups in total. The Hall–Kier alpha value is -4.35. The molecule has 13 heteroatoms. The van der Waals surface area contributed by atoms with Gasteiger partial charge in [0.15, 0.2) is 5.82 Å². The summed E-state index contributed by atoms with van der Waals surface area (Å²) in [6, 6.07) is 5.74. The van der Waals surface area contributed by atoms with Crippen molar-refractivity contribution in [1.82, 2.24) is 19.9 Å². The zero-order chi connectivity index (χ0) is 38.5. The summed E-state index contributed by atoms with van der Waals surface area (Å²) in [5.74, 6) is 0.943. The fourth-order valence-corrected chi connectivity index (χ4v) is 9.58. The molecule has 55 heavy (non-hydrogen) atoms. The SMILES string of the molecule is C#Cc1c(F)ccc2cc(O)cc(-c3nc(OC)c4c(N5CCOC[C@@](C)(O)C5)nc(OC[C@]56CCC[C@H]5N(CC5(C)CCOCC5)CCC6)nc4c3F)c12. The average molecular weight is 758 g/mol. The summed E-state index contributed by atoms with van der Waals surface area (Å²) in [5, 5.41) is 22.7. The van der Waals surface area contributed by atoms with Crippen LogP contribution in [0.2, 0.25) is 0 Å². The van der Waals surface area contributed by atoms with E-state index in [1.54, 1.807) is 6.92 Å². The molecule has 1 aliphatic carbocycles. The molecule has 3 aliphatic heterocycles. The van der Waals surface area contributed by atoms with E-state index in [9.17, 15) is 10.2 Å². The predicted molar refractivity (Wildman–Crippen MR) is 205 cm³/mol. The fourth-order valence-electron chi connectivity index (χ4n) is 9.58. The van der Waals surface area contributed by atoms with Gasteiger partial charge in [0, 0.05) is 48.7 Å². The van der Waals surface area contributed by atoms with Crippen LogP contribution in [0.3, 0.4) is 0 Å². The van der Waals surface area contributed by atoms with Gasteiger partial charge < -0.3 is 34.1 Å². The number of hydrogen-bond acceptors (Lipinski definition) is 11. The third kappa shape index (κ3) is 7.03. The molecular weight excluding hydrogens is 708 g/mol. The van der Waals surface area contributed by atoms with E-state index in [-0.39, 0.29) is 87.2 Å². The molecule has 0 spiro atoms. The largest absolute Gasteiger partial charge is 0.508 e. The molecule has 0 unspecified atom stereocenters. The molecule has 1 saturated carbocycles. The lowest BCUT2D eigenvalue weighted by molar-refractivity contribution is -0.0453. The Morgan fingerprint density at radius 1 is 1.00 bits per heavy atom. The van der Waals surface area contributed by atoms with Crippen molar-refractivity contribution < 1.29 is 37.9 Å². The van der Waals surface area contributed by atoms with Crippen LogP contribution >= 0.6 is 0 Å². The second-order valence-electron chi connectivity index (χ2n) is 16.5. The minimum atomic E-state index is -1.24. The van der Waals surface area contributed by atoms with E-state index in [1.807, 2.05) is 4.90 Å². The number of β-amino-alcohol motifs (C(OH)–C–C–N with tert-alkyl or cyclic N) is 1. The summed E-state index contributed by atoms with van der Waals surface area (Å²) in [6.07, 6.45) is 13.1. The number of ether oxygens (including phenoxy) is 4. The van der Waals surface area contributed by atoms with Gasteiger partial charge in [0.1, 0.15) is 39.6 Å². The van der Waals surface area contributed by atoms with Gasteiger partial charge in [-0.25, -0.2) is 13.8 Å². The number of halogens is 2. The minimum absolute atomic E-state index is 0.00751. The van der Waals surface area contributed by atoms with E-state index in [0.29, 0.717) is 24.6 Å². The zero-order valence-electron chi connectivity index (χ0n) is 31.8. The average Bonchev–Trinajstić information content (AvgIpc) is 3.52. The van der Waals surface area contributed by atoms with Gasteiger partial charge in [-0.15, -0.1) is 6.42 Å². The normalized spacial score (nSPS) is 25.8. The Kier molecular flexibility index (Phi) is 9.99. The van der Waals surface area contributed by atoms with Crippen molar-refractivity contribution in [2.75, 3.05) is 71.2 Å². The molecule has 0 amide bonds. The summed E-state index contributed by atoms with van der Waals surface area (Å²) in [5.41, 5.74) is -1.56. The molecule has 5 heterocycles. The summed E-state index contributed by atoms with van der Waals surface area (Å²) >= 11 is 0. The molecule has 11 nitrogen and oxygen atoms in total. The van der Waals surface area contributed by atoms with Crippen LogP contribution in [-0.4, -0.2) is 108 Å². The monoisotopic (exact) mass is 757 g/mol. The molecule has 8 rings (SSSR count). The number of methoxy groups -OCH3 is 1. The second-order valence-corrected chi connectivity index (χ2v) is 16.5. The van der Waals surface area contributed by atoms with E-state index in [2.05, 4.69) is 22.7 Å². The van der Waals surface area contributed by atoms with Crippen LogP contribution in [0, 0.1) is 34.8 Å². The number of piperidine rings is 1. The zero-order valence-corrected chi connectivity index (χ0v) is 31.8. The number of rotatable bonds is 8. The number of aliphatic hydroxyl groups is 1. The Balaban J connectivity index is 1.24. The van der Waals surface area contributed by atoms with E-state index in [0.717, 1.165) is 71.2 Å². The Labute approximate surface area is 320 Å². The third-order valence-corrected chi connectivity index (χ3v) is 12.3. The molecule has 2 aromatic carbocycles. The lowest BCUT2D eigenvalue weighted by Crippen LogP contribution is -2.55. The van der Waals surface area contributed by atoms with Gasteiger partial charge in [-0.05, 0) is 81.0 Å². The first-order chi connectivity index (χ1) is 26.4. The lowest BCUT2D eigenvalue weighted by Gasteiger charge is -2.49. The Morgan fingerprint density at radius 3 is 2.58 bits per heavy atom. The summed E-state index contributed by atoms with van der Waals surface area (Å²) in [7, 11) is 1.40. The molecule has 3 atom stereocenters. The number of aromatic nitrogens is 3. The fraction of sp³-hybridized carbons (Fsp3) is 0.548. The van der Waals surface area contributed by atoms with Gasteiger partial charge in [0.2, 0.25) is 5.88 Å². The number of fused-ring (bicyclic) bond motifs is 3. The maximum Gasteiger partial charge on any atom is 0.319 e. The number of phenols is 1. The van der Waals surface area contributed by atoms with Crippen molar-refractivity contribution >= 4 is 27.5 Å². The van der Waals surface area contributed by atoms with Crippen molar-refractivity contribution in [3.05, 3.63) is 41.5 Å². The summed E-state index contributed by atoms with van der Waals surface area (Å²) in [4.78, 5) is 18.7. The molecule has 3 saturated heterocycles. The van der Waals surface area contributed by atoms with Crippen molar-refractivity contribution in [2.24, 2.45) is 10.8 Å². The topological polar surface area (TPSA) is 123 Å². The van der Waals surface area contributed by atoms with Crippen LogP contribution in [0.5, 0.6) is 17.6 Å². The predicted octanol–water partition coefficient (Wildman–Crippen LogP) is 6.24. The van der Waals surface area contributed by atoms with Crippen LogP contribution in [0.1, 0.15) is 64.4 Å². The first kappa shape index (κ1) is 37.6. The Morgan fingerprint density at radius 2 is 1.80 bits per heavy atom. The number of pyridine rings is 1. The van der Waals surface area contributed by atoms with E-state index in [1.165, 1.54) is 31.4 Å². The van der Waals surface area contributed by atoms with Gasteiger partial charge in [-0.1, -0.05) is 25.3 Å². The van der Waals surface area contributed by atoms with Gasteiger partial charge >= 0.3 is 6.01 Å². The highest BCUT2D eigenvalue weighted by Gasteiger charge is 2.50. The first-order valence-electron chi connectivity index (χ1n) is 19.3.